The minimum absolute atomic E-state index is 0. The van der Waals surface area contributed by atoms with Crippen LogP contribution in [-0.4, -0.2) is 63.7 Å². The van der Waals surface area contributed by atoms with Crippen molar-refractivity contribution in [3.8, 4) is 0 Å². The first-order chi connectivity index (χ1) is 22.0. The minimum Gasteiger partial charge on any atom is -0.744 e. The van der Waals surface area contributed by atoms with E-state index in [2.05, 4.69) is 13.8 Å². The van der Waals surface area contributed by atoms with Crippen LogP contribution in [0.25, 0.3) is 21.5 Å². The smallest absolute Gasteiger partial charge is 0.744 e. The van der Waals surface area contributed by atoms with Gasteiger partial charge in [-0.1, -0.05) is 152 Å². The van der Waals surface area contributed by atoms with E-state index in [1.165, 1.54) is 100 Å². The third kappa shape index (κ3) is 14.5. The molecule has 0 fully saturated rings. The van der Waals surface area contributed by atoms with Gasteiger partial charge in [0.2, 0.25) is 0 Å². The van der Waals surface area contributed by atoms with Crippen LogP contribution in [0.15, 0.2) is 82.6 Å². The molecule has 252 valence electrons. The van der Waals surface area contributed by atoms with E-state index in [0.29, 0.717) is 10.8 Å². The summed E-state index contributed by atoms with van der Waals surface area (Å²) in [7, 11) is -8.85. The zero-order valence-electron chi connectivity index (χ0n) is 28.2. The van der Waals surface area contributed by atoms with Crippen molar-refractivity contribution in [2.24, 2.45) is 0 Å². The predicted molar refractivity (Wildman–Crippen MR) is 193 cm³/mol. The summed E-state index contributed by atoms with van der Waals surface area (Å²) < 4.78 is 67.8. The Bertz CT molecular complexity index is 1610. The van der Waals surface area contributed by atoms with Gasteiger partial charge in [-0.05, 0) is 70.5 Å². The van der Waals surface area contributed by atoms with Gasteiger partial charge in [0.1, 0.15) is 20.2 Å². The van der Waals surface area contributed by atoms with Crippen LogP contribution in [0.5, 0.6) is 0 Å². The number of benzene rings is 4. The molecule has 47 heavy (non-hydrogen) atoms. The molecule has 0 atom stereocenters. The largest absolute Gasteiger partial charge is 2.00 e. The van der Waals surface area contributed by atoms with Gasteiger partial charge in [0, 0.05) is 0 Å². The molecule has 0 aliphatic rings. The fourth-order valence-corrected chi connectivity index (χ4v) is 7.33. The van der Waals surface area contributed by atoms with Crippen LogP contribution >= 0.6 is 0 Å². The molecular formula is C38H50CaO6S2. The van der Waals surface area contributed by atoms with Gasteiger partial charge in [-0.3, -0.25) is 0 Å². The van der Waals surface area contributed by atoms with Crippen molar-refractivity contribution in [3.05, 3.63) is 83.9 Å². The number of unbranched alkanes of at least 4 members (excludes halogenated alkanes) is 12. The maximum atomic E-state index is 11.3. The van der Waals surface area contributed by atoms with Gasteiger partial charge in [0.25, 0.3) is 0 Å². The van der Waals surface area contributed by atoms with Crippen LogP contribution in [0, 0.1) is 0 Å². The zero-order valence-corrected chi connectivity index (χ0v) is 32.1. The van der Waals surface area contributed by atoms with E-state index in [0.717, 1.165) is 36.5 Å². The molecule has 0 N–H and O–H groups in total. The molecule has 0 saturated carbocycles. The van der Waals surface area contributed by atoms with Crippen LogP contribution in [0.1, 0.15) is 115 Å². The average molecular weight is 707 g/mol. The molecule has 4 rings (SSSR count). The minimum atomic E-state index is -4.42. The monoisotopic (exact) mass is 706 g/mol. The summed E-state index contributed by atoms with van der Waals surface area (Å²) in [6.07, 6.45) is 19.8. The van der Waals surface area contributed by atoms with Crippen LogP contribution in [0.4, 0.5) is 0 Å². The summed E-state index contributed by atoms with van der Waals surface area (Å²) in [4.78, 5) is -0.255. The first-order valence-corrected chi connectivity index (χ1v) is 19.8. The Balaban J connectivity index is 0.000000320. The van der Waals surface area contributed by atoms with Crippen molar-refractivity contribution >= 4 is 79.5 Å². The summed E-state index contributed by atoms with van der Waals surface area (Å²) in [5.41, 5.74) is 2.40. The number of hydrogen-bond acceptors (Lipinski definition) is 6. The van der Waals surface area contributed by atoms with Crippen molar-refractivity contribution < 1.29 is 25.9 Å². The van der Waals surface area contributed by atoms with Crippen molar-refractivity contribution in [1.29, 1.82) is 0 Å². The summed E-state index contributed by atoms with van der Waals surface area (Å²) in [5.74, 6) is 0. The second-order valence-corrected chi connectivity index (χ2v) is 15.0. The SMILES string of the molecule is CCCCCCCCCc1ccc2c(S(=O)(=O)[O-])cccc2c1.CCCCCCCCCc1ccc2c(S(=O)(=O)[O-])cccc2c1.[Ca+2]. The van der Waals surface area contributed by atoms with Crippen molar-refractivity contribution in [1.82, 2.24) is 0 Å². The van der Waals surface area contributed by atoms with Gasteiger partial charge in [0.05, 0.1) is 9.79 Å². The molecule has 0 unspecified atom stereocenters. The van der Waals surface area contributed by atoms with Gasteiger partial charge in [-0.2, -0.15) is 0 Å². The quantitative estimate of drug-likeness (QED) is 0.0578. The first kappa shape index (κ1) is 41.7. The molecule has 0 radical (unpaired) electrons. The Kier molecular flexibility index (Phi) is 19.1. The topological polar surface area (TPSA) is 114 Å². The molecule has 4 aromatic rings. The standard InChI is InChI=1S/2C19H26O3S.Ca/c2*1-2-3-4-5-6-7-8-10-16-13-14-18-17(15-16)11-9-12-19(18)23(20,21)22;/h2*9,11-15H,2-8,10H2,1H3,(H,20,21,22);/q;;+2/p-2. The molecule has 0 spiro atoms. The summed E-state index contributed by atoms with van der Waals surface area (Å²) in [5, 5.41) is 2.68. The molecular weight excluding hydrogens is 657 g/mol. The van der Waals surface area contributed by atoms with Crippen LogP contribution in [-0.2, 0) is 33.1 Å². The fraction of sp³-hybridized carbons (Fsp3) is 0.474. The molecule has 0 aromatic heterocycles. The maximum absolute atomic E-state index is 11.3. The van der Waals surface area contributed by atoms with E-state index in [9.17, 15) is 25.9 Å². The Morgan fingerprint density at radius 1 is 0.468 bits per heavy atom. The summed E-state index contributed by atoms with van der Waals surface area (Å²) in [6, 6.07) is 21.1. The Morgan fingerprint density at radius 2 is 0.809 bits per heavy atom. The molecule has 9 heteroatoms. The molecule has 0 heterocycles. The Morgan fingerprint density at radius 3 is 1.15 bits per heavy atom. The van der Waals surface area contributed by atoms with Gasteiger partial charge in [0.15, 0.2) is 0 Å². The molecule has 4 aromatic carbocycles. The van der Waals surface area contributed by atoms with Gasteiger partial charge in [-0.25, -0.2) is 16.8 Å². The molecule has 0 saturated heterocycles. The van der Waals surface area contributed by atoms with Crippen LogP contribution < -0.4 is 0 Å². The molecule has 0 aliphatic carbocycles. The third-order valence-corrected chi connectivity index (χ3v) is 10.3. The van der Waals surface area contributed by atoms with Crippen molar-refractivity contribution in [3.63, 3.8) is 0 Å². The summed E-state index contributed by atoms with van der Waals surface area (Å²) in [6.45, 7) is 4.45. The van der Waals surface area contributed by atoms with E-state index in [1.807, 2.05) is 36.4 Å². The predicted octanol–water partition coefficient (Wildman–Crippen LogP) is 9.69. The Labute approximate surface area is 313 Å². The Hall–Kier alpha value is -1.52. The fourth-order valence-electron chi connectivity index (χ4n) is 5.93. The van der Waals surface area contributed by atoms with Crippen LogP contribution in [0.3, 0.4) is 0 Å². The van der Waals surface area contributed by atoms with E-state index >= 15 is 0 Å². The van der Waals surface area contributed by atoms with E-state index in [-0.39, 0.29) is 47.5 Å². The maximum Gasteiger partial charge on any atom is 2.00 e. The molecule has 6 nitrogen and oxygen atoms in total. The van der Waals surface area contributed by atoms with Gasteiger partial charge in [-0.15, -0.1) is 0 Å². The number of aryl methyl sites for hydroxylation is 2. The van der Waals surface area contributed by atoms with E-state index < -0.39 is 20.2 Å². The summed E-state index contributed by atoms with van der Waals surface area (Å²) >= 11 is 0. The van der Waals surface area contributed by atoms with Crippen molar-refractivity contribution in [2.45, 2.75) is 126 Å². The molecule has 0 aliphatic heterocycles. The van der Waals surface area contributed by atoms with Gasteiger partial charge >= 0.3 is 37.7 Å². The normalized spacial score (nSPS) is 11.7. The number of hydrogen-bond donors (Lipinski definition) is 0. The second-order valence-electron chi connectivity index (χ2n) is 12.3. The van der Waals surface area contributed by atoms with Crippen molar-refractivity contribution in [2.75, 3.05) is 0 Å². The van der Waals surface area contributed by atoms with E-state index in [4.69, 9.17) is 0 Å². The second kappa shape index (κ2) is 21.5. The number of fused-ring (bicyclic) bond motifs is 2. The average Bonchev–Trinajstić information content (AvgIpc) is 3.02. The third-order valence-electron chi connectivity index (χ3n) is 8.49. The first-order valence-electron chi connectivity index (χ1n) is 17.0. The number of rotatable bonds is 18. The molecule has 0 bridgehead atoms. The van der Waals surface area contributed by atoms with Gasteiger partial charge < -0.3 is 9.11 Å². The molecule has 0 amide bonds. The van der Waals surface area contributed by atoms with Crippen LogP contribution in [0.2, 0.25) is 0 Å². The van der Waals surface area contributed by atoms with E-state index in [1.54, 1.807) is 24.3 Å². The zero-order chi connectivity index (χ0) is 33.4.